The van der Waals surface area contributed by atoms with E-state index in [4.69, 9.17) is 11.6 Å². The predicted molar refractivity (Wildman–Crippen MR) is 82.7 cm³/mol. The minimum Gasteiger partial charge on any atom is -0.233 e. The van der Waals surface area contributed by atoms with Crippen molar-refractivity contribution < 1.29 is 0 Å². The highest BCUT2D eigenvalue weighted by atomic mass is 35.5. The van der Waals surface area contributed by atoms with Gasteiger partial charge < -0.3 is 0 Å². The summed E-state index contributed by atoms with van der Waals surface area (Å²) in [5.74, 6) is 0.662. The van der Waals surface area contributed by atoms with Gasteiger partial charge in [-0.05, 0) is 24.1 Å². The van der Waals surface area contributed by atoms with Crippen LogP contribution in [0.15, 0.2) is 60.7 Å². The van der Waals surface area contributed by atoms with E-state index in [0.717, 1.165) is 11.3 Å². The van der Waals surface area contributed by atoms with Crippen molar-refractivity contribution in [3.8, 4) is 22.5 Å². The Morgan fingerprint density at radius 2 is 1.35 bits per heavy atom. The molecule has 0 atom stereocenters. The molecule has 0 saturated heterocycles. The SMILES string of the molecule is Cc1cc(Cl)nc(-c2ccc(-c3ccccc3)cc2)n1. The Bertz CT molecular complexity index is 701. The molecule has 3 rings (SSSR count). The lowest BCUT2D eigenvalue weighted by molar-refractivity contribution is 1.11. The number of aryl methyl sites for hydroxylation is 1. The van der Waals surface area contributed by atoms with E-state index >= 15 is 0 Å². The lowest BCUT2D eigenvalue weighted by atomic mass is 10.0. The van der Waals surface area contributed by atoms with Gasteiger partial charge in [0.1, 0.15) is 5.15 Å². The van der Waals surface area contributed by atoms with Crippen LogP contribution < -0.4 is 0 Å². The van der Waals surface area contributed by atoms with Crippen LogP contribution in [0.3, 0.4) is 0 Å². The van der Waals surface area contributed by atoms with Crippen LogP contribution in [-0.2, 0) is 0 Å². The molecule has 98 valence electrons. The monoisotopic (exact) mass is 280 g/mol. The second kappa shape index (κ2) is 5.43. The molecule has 1 aromatic heterocycles. The zero-order valence-electron chi connectivity index (χ0n) is 11.0. The molecule has 0 aliphatic carbocycles. The molecule has 2 aromatic carbocycles. The summed E-state index contributed by atoms with van der Waals surface area (Å²) in [6.07, 6.45) is 0. The van der Waals surface area contributed by atoms with Crippen LogP contribution in [0.4, 0.5) is 0 Å². The molecule has 0 aliphatic heterocycles. The number of hydrogen-bond acceptors (Lipinski definition) is 2. The van der Waals surface area contributed by atoms with Crippen molar-refractivity contribution in [2.24, 2.45) is 0 Å². The molecular weight excluding hydrogens is 268 g/mol. The molecule has 0 fully saturated rings. The summed E-state index contributed by atoms with van der Waals surface area (Å²) in [4.78, 5) is 8.67. The molecule has 3 heteroatoms. The average Bonchev–Trinajstić information content (AvgIpc) is 2.47. The zero-order valence-corrected chi connectivity index (χ0v) is 11.8. The van der Waals surface area contributed by atoms with Crippen LogP contribution in [0.5, 0.6) is 0 Å². The maximum atomic E-state index is 5.98. The number of rotatable bonds is 2. The van der Waals surface area contributed by atoms with Crippen LogP contribution in [0, 0.1) is 6.92 Å². The quantitative estimate of drug-likeness (QED) is 0.632. The number of halogens is 1. The summed E-state index contributed by atoms with van der Waals surface area (Å²) in [5, 5.41) is 0.472. The van der Waals surface area contributed by atoms with Gasteiger partial charge in [0.25, 0.3) is 0 Å². The van der Waals surface area contributed by atoms with Crippen molar-refractivity contribution in [1.82, 2.24) is 9.97 Å². The average molecular weight is 281 g/mol. The maximum Gasteiger partial charge on any atom is 0.161 e. The lowest BCUT2D eigenvalue weighted by Gasteiger charge is -2.05. The maximum absolute atomic E-state index is 5.98. The third-order valence-electron chi connectivity index (χ3n) is 3.07. The van der Waals surface area contributed by atoms with Crippen LogP contribution in [-0.4, -0.2) is 9.97 Å². The van der Waals surface area contributed by atoms with E-state index < -0.39 is 0 Å². The van der Waals surface area contributed by atoms with Gasteiger partial charge in [-0.25, -0.2) is 9.97 Å². The highest BCUT2D eigenvalue weighted by Crippen LogP contribution is 2.23. The third-order valence-corrected chi connectivity index (χ3v) is 3.27. The van der Waals surface area contributed by atoms with Crippen LogP contribution in [0.2, 0.25) is 5.15 Å². The van der Waals surface area contributed by atoms with E-state index in [1.807, 2.05) is 37.3 Å². The first kappa shape index (κ1) is 12.8. The Labute approximate surface area is 123 Å². The summed E-state index contributed by atoms with van der Waals surface area (Å²) in [6, 6.07) is 20.2. The number of hydrogen-bond donors (Lipinski definition) is 0. The van der Waals surface area contributed by atoms with E-state index in [2.05, 4.69) is 34.2 Å². The van der Waals surface area contributed by atoms with E-state index in [1.165, 1.54) is 11.1 Å². The molecule has 3 aromatic rings. The summed E-state index contributed by atoms with van der Waals surface area (Å²) >= 11 is 5.98. The number of nitrogens with zero attached hydrogens (tertiary/aromatic N) is 2. The molecule has 0 N–H and O–H groups in total. The fourth-order valence-electron chi connectivity index (χ4n) is 2.10. The highest BCUT2D eigenvalue weighted by molar-refractivity contribution is 6.29. The van der Waals surface area contributed by atoms with Gasteiger partial charge in [-0.2, -0.15) is 0 Å². The van der Waals surface area contributed by atoms with E-state index in [0.29, 0.717) is 11.0 Å². The van der Waals surface area contributed by atoms with Gasteiger partial charge in [-0.3, -0.25) is 0 Å². The zero-order chi connectivity index (χ0) is 13.9. The number of benzene rings is 2. The molecule has 2 nitrogen and oxygen atoms in total. The second-order valence-corrected chi connectivity index (χ2v) is 4.99. The van der Waals surface area contributed by atoms with Crippen molar-refractivity contribution in [1.29, 1.82) is 0 Å². The normalized spacial score (nSPS) is 10.5. The van der Waals surface area contributed by atoms with Crippen molar-refractivity contribution in [3.63, 3.8) is 0 Å². The summed E-state index contributed by atoms with van der Waals surface area (Å²) in [6.45, 7) is 1.91. The Morgan fingerprint density at radius 3 is 2.00 bits per heavy atom. The van der Waals surface area contributed by atoms with Crippen molar-refractivity contribution in [3.05, 3.63) is 71.5 Å². The fourth-order valence-corrected chi connectivity index (χ4v) is 2.34. The first-order valence-electron chi connectivity index (χ1n) is 6.39. The van der Waals surface area contributed by atoms with Crippen molar-refractivity contribution in [2.75, 3.05) is 0 Å². The molecule has 20 heavy (non-hydrogen) atoms. The Morgan fingerprint density at radius 1 is 0.750 bits per heavy atom. The van der Waals surface area contributed by atoms with Gasteiger partial charge in [0.2, 0.25) is 0 Å². The topological polar surface area (TPSA) is 25.8 Å². The van der Waals surface area contributed by atoms with Crippen LogP contribution in [0.1, 0.15) is 5.69 Å². The molecular formula is C17H13ClN2. The van der Waals surface area contributed by atoms with Gasteiger partial charge in [-0.1, -0.05) is 66.2 Å². The Hall–Kier alpha value is -2.19. The third kappa shape index (κ3) is 2.70. The van der Waals surface area contributed by atoms with E-state index in [9.17, 15) is 0 Å². The number of aromatic nitrogens is 2. The molecule has 0 unspecified atom stereocenters. The summed E-state index contributed by atoms with van der Waals surface area (Å²) < 4.78 is 0. The molecule has 1 heterocycles. The summed E-state index contributed by atoms with van der Waals surface area (Å²) in [5.41, 5.74) is 4.21. The molecule has 0 saturated carbocycles. The van der Waals surface area contributed by atoms with Crippen molar-refractivity contribution in [2.45, 2.75) is 6.92 Å². The smallest absolute Gasteiger partial charge is 0.161 e. The van der Waals surface area contributed by atoms with Crippen LogP contribution in [0.25, 0.3) is 22.5 Å². The lowest BCUT2D eigenvalue weighted by Crippen LogP contribution is -1.92. The first-order chi connectivity index (χ1) is 9.72. The fraction of sp³-hybridized carbons (Fsp3) is 0.0588. The standard InChI is InChI=1S/C17H13ClN2/c1-12-11-16(18)20-17(19-12)15-9-7-14(8-10-15)13-5-3-2-4-6-13/h2-11H,1H3. The van der Waals surface area contributed by atoms with Gasteiger partial charge in [0.05, 0.1) is 0 Å². The Balaban J connectivity index is 1.97. The summed E-state index contributed by atoms with van der Waals surface area (Å²) in [7, 11) is 0. The van der Waals surface area contributed by atoms with Gasteiger partial charge in [-0.15, -0.1) is 0 Å². The predicted octanol–water partition coefficient (Wildman–Crippen LogP) is 4.77. The van der Waals surface area contributed by atoms with Gasteiger partial charge >= 0.3 is 0 Å². The van der Waals surface area contributed by atoms with Gasteiger partial charge in [0.15, 0.2) is 5.82 Å². The Kier molecular flexibility index (Phi) is 3.48. The van der Waals surface area contributed by atoms with Gasteiger partial charge in [0, 0.05) is 11.3 Å². The van der Waals surface area contributed by atoms with E-state index in [-0.39, 0.29) is 0 Å². The minimum atomic E-state index is 0.472. The largest absolute Gasteiger partial charge is 0.233 e. The minimum absolute atomic E-state index is 0.472. The first-order valence-corrected chi connectivity index (χ1v) is 6.77. The molecule has 0 spiro atoms. The van der Waals surface area contributed by atoms with Crippen molar-refractivity contribution >= 4 is 11.6 Å². The molecule has 0 amide bonds. The molecule has 0 radical (unpaired) electrons. The highest BCUT2D eigenvalue weighted by Gasteiger charge is 2.04. The molecule has 0 bridgehead atoms. The second-order valence-electron chi connectivity index (χ2n) is 4.60. The van der Waals surface area contributed by atoms with Crippen LogP contribution >= 0.6 is 11.6 Å². The van der Waals surface area contributed by atoms with E-state index in [1.54, 1.807) is 6.07 Å². The molecule has 0 aliphatic rings.